The van der Waals surface area contributed by atoms with Crippen LogP contribution in [0.25, 0.3) is 17.0 Å². The Morgan fingerprint density at radius 1 is 1.11 bits per heavy atom. The fraction of sp³-hybridized carbons (Fsp3) is 0.0741. The quantitative estimate of drug-likeness (QED) is 0.211. The molecule has 5 rings (SSSR count). The van der Waals surface area contributed by atoms with Gasteiger partial charge in [0.25, 0.3) is 11.8 Å². The van der Waals surface area contributed by atoms with Gasteiger partial charge in [-0.25, -0.2) is 0 Å². The summed E-state index contributed by atoms with van der Waals surface area (Å²) in [5.41, 5.74) is 5.74. The van der Waals surface area contributed by atoms with Crippen LogP contribution in [-0.4, -0.2) is 32.8 Å². The fourth-order valence-corrected chi connectivity index (χ4v) is 5.61. The maximum absolute atomic E-state index is 13.2. The number of rotatable bonds is 6. The Hall–Kier alpha value is -3.30. The molecule has 0 atom stereocenters. The summed E-state index contributed by atoms with van der Waals surface area (Å²) in [6.07, 6.45) is 3.76. The standard InChI is InChI=1S/C27H19Cl2N3O3S2/c1-35-20-10-7-16(8-11-20)25(33)30-32-26(34)24(37-27(32)36)12-18-15-31(23-5-3-2-4-21(18)23)14-17-6-9-19(28)13-22(17)29/h2-13,15H,14H2,1H3,(H,30,33)/b24-12+. The molecule has 1 N–H and O–H groups in total. The van der Waals surface area contributed by atoms with Crippen molar-refractivity contribution in [2.24, 2.45) is 0 Å². The van der Waals surface area contributed by atoms with E-state index in [9.17, 15) is 9.59 Å². The molecule has 2 heterocycles. The molecule has 37 heavy (non-hydrogen) atoms. The number of ether oxygens (including phenoxy) is 1. The van der Waals surface area contributed by atoms with Gasteiger partial charge in [0.2, 0.25) is 0 Å². The summed E-state index contributed by atoms with van der Waals surface area (Å²) in [5, 5.41) is 3.23. The Bertz CT molecular complexity index is 1580. The monoisotopic (exact) mass is 567 g/mol. The average molecular weight is 569 g/mol. The molecule has 0 unspecified atom stereocenters. The van der Waals surface area contributed by atoms with Crippen molar-refractivity contribution < 1.29 is 14.3 Å². The number of hydrogen-bond donors (Lipinski definition) is 1. The second kappa shape index (κ2) is 10.6. The van der Waals surface area contributed by atoms with E-state index in [0.717, 1.165) is 38.8 Å². The molecule has 10 heteroatoms. The Morgan fingerprint density at radius 2 is 1.86 bits per heavy atom. The predicted octanol–water partition coefficient (Wildman–Crippen LogP) is 6.55. The normalized spacial score (nSPS) is 14.6. The number of methoxy groups -OCH3 is 1. The summed E-state index contributed by atoms with van der Waals surface area (Å²) in [5.74, 6) is -0.214. The van der Waals surface area contributed by atoms with E-state index in [1.165, 1.54) is 0 Å². The van der Waals surface area contributed by atoms with Crippen molar-refractivity contribution in [1.82, 2.24) is 15.0 Å². The number of amides is 2. The van der Waals surface area contributed by atoms with Gasteiger partial charge in [0.05, 0.1) is 12.0 Å². The lowest BCUT2D eigenvalue weighted by Crippen LogP contribution is -2.44. The third-order valence-corrected chi connectivity index (χ3v) is 7.71. The van der Waals surface area contributed by atoms with Crippen LogP contribution >= 0.6 is 47.2 Å². The van der Waals surface area contributed by atoms with Crippen molar-refractivity contribution in [2.75, 3.05) is 7.11 Å². The zero-order valence-corrected chi connectivity index (χ0v) is 22.5. The highest BCUT2D eigenvalue weighted by Gasteiger charge is 2.34. The van der Waals surface area contributed by atoms with Gasteiger partial charge in [-0.05, 0) is 66.3 Å². The molecule has 0 saturated carbocycles. The Labute approximate surface area is 232 Å². The third kappa shape index (κ3) is 5.24. The summed E-state index contributed by atoms with van der Waals surface area (Å²) in [4.78, 5) is 26.3. The minimum Gasteiger partial charge on any atom is -0.497 e. The molecule has 0 spiro atoms. The smallest absolute Gasteiger partial charge is 0.285 e. The molecule has 0 radical (unpaired) electrons. The van der Waals surface area contributed by atoms with E-state index in [4.69, 9.17) is 40.2 Å². The number of para-hydroxylation sites is 1. The number of hydrazine groups is 1. The third-order valence-electron chi connectivity index (χ3n) is 5.82. The van der Waals surface area contributed by atoms with E-state index >= 15 is 0 Å². The largest absolute Gasteiger partial charge is 0.497 e. The molecule has 1 fully saturated rings. The highest BCUT2D eigenvalue weighted by atomic mass is 35.5. The molecule has 4 aromatic rings. The van der Waals surface area contributed by atoms with Gasteiger partial charge >= 0.3 is 0 Å². The van der Waals surface area contributed by atoms with Gasteiger partial charge in [0, 0.05) is 44.8 Å². The zero-order valence-electron chi connectivity index (χ0n) is 19.4. The van der Waals surface area contributed by atoms with E-state index in [1.807, 2.05) is 36.5 Å². The zero-order chi connectivity index (χ0) is 26.1. The predicted molar refractivity (Wildman–Crippen MR) is 153 cm³/mol. The van der Waals surface area contributed by atoms with Gasteiger partial charge in [0.1, 0.15) is 5.75 Å². The van der Waals surface area contributed by atoms with Crippen LogP contribution in [-0.2, 0) is 11.3 Å². The fourth-order valence-electron chi connectivity index (χ4n) is 3.97. The lowest BCUT2D eigenvalue weighted by Gasteiger charge is -2.15. The van der Waals surface area contributed by atoms with E-state index in [0.29, 0.717) is 32.8 Å². The van der Waals surface area contributed by atoms with E-state index in [2.05, 4.69) is 9.99 Å². The number of nitrogens with zero attached hydrogens (tertiary/aromatic N) is 2. The maximum atomic E-state index is 13.2. The lowest BCUT2D eigenvalue weighted by atomic mass is 10.1. The summed E-state index contributed by atoms with van der Waals surface area (Å²) >= 11 is 19.0. The molecule has 6 nitrogen and oxygen atoms in total. The number of fused-ring (bicyclic) bond motifs is 1. The van der Waals surface area contributed by atoms with E-state index in [-0.39, 0.29) is 4.32 Å². The van der Waals surface area contributed by atoms with Gasteiger partial charge in [-0.2, -0.15) is 5.01 Å². The van der Waals surface area contributed by atoms with Crippen LogP contribution in [0.1, 0.15) is 21.5 Å². The summed E-state index contributed by atoms with van der Waals surface area (Å²) in [7, 11) is 1.55. The first-order chi connectivity index (χ1) is 17.8. The van der Waals surface area contributed by atoms with Gasteiger partial charge in [0.15, 0.2) is 4.32 Å². The number of halogens is 2. The average Bonchev–Trinajstić information content (AvgIpc) is 3.37. The number of thioether (sulfide) groups is 1. The van der Waals surface area contributed by atoms with Crippen LogP contribution in [0.3, 0.4) is 0 Å². The van der Waals surface area contributed by atoms with Crippen LogP contribution in [0.15, 0.2) is 77.8 Å². The number of aromatic nitrogens is 1. The van der Waals surface area contributed by atoms with E-state index in [1.54, 1.807) is 49.6 Å². The Kier molecular flexibility index (Phi) is 7.26. The number of thiocarbonyl (C=S) groups is 1. The van der Waals surface area contributed by atoms with Crippen LogP contribution in [0, 0.1) is 0 Å². The number of carbonyl (C=O) groups excluding carboxylic acids is 2. The van der Waals surface area contributed by atoms with Gasteiger partial charge in [-0.1, -0.05) is 59.2 Å². The lowest BCUT2D eigenvalue weighted by molar-refractivity contribution is -0.123. The molecule has 1 aliphatic rings. The molecule has 1 saturated heterocycles. The Balaban J connectivity index is 1.41. The molecule has 1 aliphatic heterocycles. The molecule has 0 aliphatic carbocycles. The van der Waals surface area contributed by atoms with Gasteiger partial charge in [-0.15, -0.1) is 0 Å². The first-order valence-electron chi connectivity index (χ1n) is 11.1. The number of nitrogens with one attached hydrogen (secondary N) is 1. The Morgan fingerprint density at radius 3 is 2.59 bits per heavy atom. The molecular formula is C27H19Cl2N3O3S2. The maximum Gasteiger partial charge on any atom is 0.285 e. The topological polar surface area (TPSA) is 63.6 Å². The van der Waals surface area contributed by atoms with Crippen LogP contribution in [0.4, 0.5) is 0 Å². The molecule has 3 aromatic carbocycles. The van der Waals surface area contributed by atoms with Crippen molar-refractivity contribution in [2.45, 2.75) is 6.54 Å². The summed E-state index contributed by atoms with van der Waals surface area (Å²) in [6, 6.07) is 19.9. The second-order valence-corrected chi connectivity index (χ2v) is 10.7. The minimum absolute atomic E-state index is 0.245. The van der Waals surface area contributed by atoms with Crippen molar-refractivity contribution in [1.29, 1.82) is 0 Å². The first kappa shape index (κ1) is 25.4. The van der Waals surface area contributed by atoms with Crippen LogP contribution < -0.4 is 10.2 Å². The summed E-state index contributed by atoms with van der Waals surface area (Å²) < 4.78 is 7.44. The number of hydrogen-bond acceptors (Lipinski definition) is 5. The van der Waals surface area contributed by atoms with Crippen molar-refractivity contribution in [3.63, 3.8) is 0 Å². The van der Waals surface area contributed by atoms with Crippen molar-refractivity contribution in [3.05, 3.63) is 105 Å². The first-order valence-corrected chi connectivity index (χ1v) is 13.1. The molecule has 1 aromatic heterocycles. The van der Waals surface area contributed by atoms with Crippen LogP contribution in [0.2, 0.25) is 10.0 Å². The molecule has 0 bridgehead atoms. The molecule has 186 valence electrons. The second-order valence-electron chi connectivity index (χ2n) is 8.15. The van der Waals surface area contributed by atoms with Crippen LogP contribution in [0.5, 0.6) is 5.75 Å². The van der Waals surface area contributed by atoms with E-state index < -0.39 is 11.8 Å². The van der Waals surface area contributed by atoms with Gasteiger partial charge in [-0.3, -0.25) is 15.0 Å². The molecular weight excluding hydrogens is 549 g/mol. The minimum atomic E-state index is -0.448. The number of carbonyl (C=O) groups is 2. The highest BCUT2D eigenvalue weighted by molar-refractivity contribution is 8.26. The molecule has 2 amide bonds. The van der Waals surface area contributed by atoms with Crippen molar-refractivity contribution in [3.8, 4) is 5.75 Å². The van der Waals surface area contributed by atoms with Crippen molar-refractivity contribution >= 4 is 80.3 Å². The SMILES string of the molecule is COc1ccc(C(=O)NN2C(=O)/C(=C\c3cn(Cc4ccc(Cl)cc4Cl)c4ccccc34)SC2=S)cc1. The highest BCUT2D eigenvalue weighted by Crippen LogP contribution is 2.34. The summed E-state index contributed by atoms with van der Waals surface area (Å²) in [6.45, 7) is 0.531. The number of benzene rings is 3. The van der Waals surface area contributed by atoms with Gasteiger partial charge < -0.3 is 9.30 Å².